The lowest BCUT2D eigenvalue weighted by Gasteiger charge is -2.52. The zero-order valence-corrected chi connectivity index (χ0v) is 17.9. The molecule has 0 aromatic heterocycles. The van der Waals surface area contributed by atoms with Crippen LogP contribution in [0.3, 0.4) is 0 Å². The highest BCUT2D eigenvalue weighted by atomic mass is 35.5. The van der Waals surface area contributed by atoms with Crippen LogP contribution in [-0.2, 0) is 10.3 Å². The first kappa shape index (κ1) is 23.6. The van der Waals surface area contributed by atoms with Crippen molar-refractivity contribution in [2.75, 3.05) is 19.6 Å². The maximum absolute atomic E-state index is 13.7. The Morgan fingerprint density at radius 2 is 2.06 bits per heavy atom. The van der Waals surface area contributed by atoms with Gasteiger partial charge in [0.05, 0.1) is 18.1 Å². The highest BCUT2D eigenvalue weighted by Crippen LogP contribution is 2.45. The standard InChI is InChI=1S/C20H25ClF4N4O2/c1-11-5-12(8-28-9-16(17(26)30)27-18(28)31)7-19(2,29(11)10-20(23,24)25)13-3-4-15(22)14(21)6-13/h3-4,6,11-12,16H,5,7-10H2,1-2H3,(H2,26,30)(H,27,31)/t11-,12-,16+,19-/m1/s1. The van der Waals surface area contributed by atoms with Crippen LogP contribution in [0, 0.1) is 11.7 Å². The number of urea groups is 1. The van der Waals surface area contributed by atoms with Gasteiger partial charge in [-0.1, -0.05) is 17.7 Å². The minimum absolute atomic E-state index is 0.115. The van der Waals surface area contributed by atoms with Crippen LogP contribution in [0.5, 0.6) is 0 Å². The van der Waals surface area contributed by atoms with Crippen LogP contribution in [0.4, 0.5) is 22.4 Å². The van der Waals surface area contributed by atoms with Crippen molar-refractivity contribution in [1.29, 1.82) is 0 Å². The third kappa shape index (κ3) is 5.06. The Balaban J connectivity index is 1.89. The number of alkyl halides is 3. The lowest BCUT2D eigenvalue weighted by molar-refractivity contribution is -0.175. The third-order valence-electron chi connectivity index (χ3n) is 6.23. The molecule has 2 aliphatic rings. The van der Waals surface area contributed by atoms with E-state index in [-0.39, 0.29) is 24.0 Å². The Hall–Kier alpha value is -2.07. The number of carbonyl (C=O) groups is 2. The molecule has 172 valence electrons. The number of piperidine rings is 1. The predicted octanol–water partition coefficient (Wildman–Crippen LogP) is 3.24. The van der Waals surface area contributed by atoms with Gasteiger partial charge in [-0.05, 0) is 50.3 Å². The van der Waals surface area contributed by atoms with E-state index >= 15 is 0 Å². The van der Waals surface area contributed by atoms with E-state index in [9.17, 15) is 27.2 Å². The molecule has 6 nitrogen and oxygen atoms in total. The van der Waals surface area contributed by atoms with Gasteiger partial charge in [0.2, 0.25) is 5.91 Å². The second-order valence-corrected chi connectivity index (χ2v) is 9.02. The number of likely N-dealkylation sites (tertiary alicyclic amines) is 1. The lowest BCUT2D eigenvalue weighted by atomic mass is 9.74. The van der Waals surface area contributed by atoms with Gasteiger partial charge in [-0.15, -0.1) is 0 Å². The van der Waals surface area contributed by atoms with Gasteiger partial charge in [0.1, 0.15) is 11.9 Å². The van der Waals surface area contributed by atoms with E-state index < -0.39 is 48.1 Å². The number of hydrogen-bond donors (Lipinski definition) is 2. The smallest absolute Gasteiger partial charge is 0.368 e. The fourth-order valence-corrected chi connectivity index (χ4v) is 5.04. The Morgan fingerprint density at radius 1 is 1.39 bits per heavy atom. The van der Waals surface area contributed by atoms with E-state index in [2.05, 4.69) is 5.32 Å². The minimum Gasteiger partial charge on any atom is -0.368 e. The van der Waals surface area contributed by atoms with Crippen molar-refractivity contribution < 1.29 is 27.2 Å². The van der Waals surface area contributed by atoms with Gasteiger partial charge in [-0.2, -0.15) is 13.2 Å². The molecular formula is C20H25ClF4N4O2. The summed E-state index contributed by atoms with van der Waals surface area (Å²) in [5.41, 5.74) is 4.65. The average molecular weight is 465 g/mol. The van der Waals surface area contributed by atoms with Crippen LogP contribution >= 0.6 is 11.6 Å². The topological polar surface area (TPSA) is 78.7 Å². The quantitative estimate of drug-likeness (QED) is 0.657. The summed E-state index contributed by atoms with van der Waals surface area (Å²) in [5.74, 6) is -1.44. The van der Waals surface area contributed by atoms with Gasteiger partial charge in [0.15, 0.2) is 0 Å². The van der Waals surface area contributed by atoms with Crippen LogP contribution in [0.15, 0.2) is 18.2 Å². The van der Waals surface area contributed by atoms with Crippen molar-refractivity contribution >= 4 is 23.5 Å². The summed E-state index contributed by atoms with van der Waals surface area (Å²) in [7, 11) is 0. The lowest BCUT2D eigenvalue weighted by Crippen LogP contribution is -2.58. The van der Waals surface area contributed by atoms with Crippen molar-refractivity contribution in [3.63, 3.8) is 0 Å². The first-order chi connectivity index (χ1) is 14.3. The van der Waals surface area contributed by atoms with Gasteiger partial charge in [-0.3, -0.25) is 9.69 Å². The second kappa shape index (κ2) is 8.46. The number of nitrogens with zero attached hydrogens (tertiary/aromatic N) is 2. The highest BCUT2D eigenvalue weighted by Gasteiger charge is 2.48. The third-order valence-corrected chi connectivity index (χ3v) is 6.52. The molecule has 2 heterocycles. The van der Waals surface area contributed by atoms with Crippen molar-refractivity contribution in [1.82, 2.24) is 15.1 Å². The molecule has 0 bridgehead atoms. The van der Waals surface area contributed by atoms with Crippen LogP contribution < -0.4 is 11.1 Å². The van der Waals surface area contributed by atoms with E-state index in [0.29, 0.717) is 18.4 Å². The molecule has 0 radical (unpaired) electrons. The number of benzene rings is 1. The molecule has 11 heteroatoms. The molecule has 31 heavy (non-hydrogen) atoms. The molecule has 0 spiro atoms. The largest absolute Gasteiger partial charge is 0.401 e. The molecular weight excluding hydrogens is 440 g/mol. The Kier molecular flexibility index (Phi) is 6.44. The number of rotatable bonds is 5. The molecule has 2 saturated heterocycles. The summed E-state index contributed by atoms with van der Waals surface area (Å²) in [4.78, 5) is 26.4. The number of hydrogen-bond acceptors (Lipinski definition) is 3. The van der Waals surface area contributed by atoms with Crippen LogP contribution in [0.25, 0.3) is 0 Å². The average Bonchev–Trinajstić information content (AvgIpc) is 3.01. The number of amides is 3. The highest BCUT2D eigenvalue weighted by molar-refractivity contribution is 6.30. The van der Waals surface area contributed by atoms with Crippen molar-refractivity contribution in [2.45, 2.75) is 50.5 Å². The number of nitrogens with one attached hydrogen (secondary N) is 1. The summed E-state index contributed by atoms with van der Waals surface area (Å²) in [6.45, 7) is 2.65. The number of carbonyl (C=O) groups excluding carboxylic acids is 2. The van der Waals surface area contributed by atoms with E-state index in [1.165, 1.54) is 21.9 Å². The number of halogens is 5. The van der Waals surface area contributed by atoms with Crippen LogP contribution in [0.2, 0.25) is 5.02 Å². The summed E-state index contributed by atoms with van der Waals surface area (Å²) in [6, 6.07) is 2.27. The molecule has 1 aromatic carbocycles. The minimum atomic E-state index is -4.42. The van der Waals surface area contributed by atoms with E-state index in [1.54, 1.807) is 13.8 Å². The Labute approximate surface area is 182 Å². The zero-order valence-electron chi connectivity index (χ0n) is 17.2. The molecule has 3 amide bonds. The fraction of sp³-hybridized carbons (Fsp3) is 0.600. The monoisotopic (exact) mass is 464 g/mol. The van der Waals surface area contributed by atoms with Gasteiger partial charge in [-0.25, -0.2) is 9.18 Å². The molecule has 3 rings (SSSR count). The van der Waals surface area contributed by atoms with E-state index in [1.807, 2.05) is 0 Å². The Morgan fingerprint density at radius 3 is 2.61 bits per heavy atom. The fourth-order valence-electron chi connectivity index (χ4n) is 4.86. The van der Waals surface area contributed by atoms with Gasteiger partial charge < -0.3 is 16.0 Å². The van der Waals surface area contributed by atoms with Crippen molar-refractivity contribution in [3.05, 3.63) is 34.6 Å². The first-order valence-electron chi connectivity index (χ1n) is 9.94. The first-order valence-corrected chi connectivity index (χ1v) is 10.3. The molecule has 0 saturated carbocycles. The second-order valence-electron chi connectivity index (χ2n) is 8.61. The van der Waals surface area contributed by atoms with Gasteiger partial charge in [0, 0.05) is 18.1 Å². The zero-order chi connectivity index (χ0) is 23.1. The maximum Gasteiger partial charge on any atom is 0.401 e. The molecule has 1 aromatic rings. The van der Waals surface area contributed by atoms with E-state index in [4.69, 9.17) is 17.3 Å². The Bertz CT molecular complexity index is 868. The van der Waals surface area contributed by atoms with Gasteiger partial charge >= 0.3 is 12.2 Å². The van der Waals surface area contributed by atoms with Crippen LogP contribution in [0.1, 0.15) is 32.3 Å². The van der Waals surface area contributed by atoms with Crippen molar-refractivity contribution in [3.8, 4) is 0 Å². The number of primary amides is 1. The molecule has 3 N–H and O–H groups in total. The maximum atomic E-state index is 13.7. The summed E-state index contributed by atoms with van der Waals surface area (Å²) < 4.78 is 53.8. The molecule has 0 aliphatic carbocycles. The van der Waals surface area contributed by atoms with Crippen LogP contribution in [-0.4, -0.2) is 59.6 Å². The summed E-state index contributed by atoms with van der Waals surface area (Å²) >= 11 is 5.93. The SMILES string of the molecule is C[C@@H]1C[C@@H](CN2C[C@@H](C(N)=O)NC2=O)C[C@](C)(c2ccc(F)c(Cl)c2)N1CC(F)(F)F. The number of nitrogens with two attached hydrogens (primary N) is 1. The van der Waals surface area contributed by atoms with Crippen molar-refractivity contribution in [2.24, 2.45) is 11.7 Å². The predicted molar refractivity (Wildman–Crippen MR) is 107 cm³/mol. The van der Waals surface area contributed by atoms with Gasteiger partial charge in [0.25, 0.3) is 0 Å². The molecule has 2 aliphatic heterocycles. The summed E-state index contributed by atoms with van der Waals surface area (Å²) in [6.07, 6.45) is -3.71. The molecule has 0 unspecified atom stereocenters. The summed E-state index contributed by atoms with van der Waals surface area (Å²) in [5, 5.41) is 2.34. The molecule has 4 atom stereocenters. The normalized spacial score (nSPS) is 29.8. The molecule has 2 fully saturated rings. The van der Waals surface area contributed by atoms with E-state index in [0.717, 1.165) is 6.07 Å².